The van der Waals surface area contributed by atoms with Crippen molar-refractivity contribution in [2.45, 2.75) is 43.9 Å². The number of rotatable bonds is 7. The van der Waals surface area contributed by atoms with Crippen LogP contribution in [0, 0.1) is 0 Å². The lowest BCUT2D eigenvalue weighted by Gasteiger charge is -2.38. The summed E-state index contributed by atoms with van der Waals surface area (Å²) in [5.74, 6) is -0.404. The van der Waals surface area contributed by atoms with Gasteiger partial charge in [0.15, 0.2) is 5.60 Å². The minimum atomic E-state index is -5.02. The Balaban J connectivity index is 1.54. The summed E-state index contributed by atoms with van der Waals surface area (Å²) in [6, 6.07) is 11.8. The molecule has 1 aromatic heterocycles. The number of fused-ring (bicyclic) bond motifs is 1. The zero-order chi connectivity index (χ0) is 26.3. The van der Waals surface area contributed by atoms with E-state index in [2.05, 4.69) is 10.4 Å². The fraction of sp³-hybridized carbons (Fsp3) is 0.360. The molecule has 2 heterocycles. The number of nitrogens with zero attached hydrogens (tertiary/aromatic N) is 2. The van der Waals surface area contributed by atoms with Crippen LogP contribution in [-0.2, 0) is 11.8 Å². The van der Waals surface area contributed by atoms with Crippen LogP contribution in [0.3, 0.4) is 0 Å². The topological polar surface area (TPSA) is 102 Å². The molecule has 192 valence electrons. The predicted molar refractivity (Wildman–Crippen MR) is 130 cm³/mol. The molecule has 36 heavy (non-hydrogen) atoms. The number of amides is 1. The molecule has 0 aliphatic carbocycles. The summed E-state index contributed by atoms with van der Waals surface area (Å²) in [6.45, 7) is 2.60. The van der Waals surface area contributed by atoms with Crippen LogP contribution in [0.5, 0.6) is 5.75 Å². The number of nitrogen functional groups attached to an aromatic ring is 1. The molecule has 11 heteroatoms. The molecule has 0 bridgehead atoms. The first-order valence-electron chi connectivity index (χ1n) is 11.2. The van der Waals surface area contributed by atoms with Gasteiger partial charge in [0.1, 0.15) is 17.1 Å². The van der Waals surface area contributed by atoms with Crippen LogP contribution in [0.2, 0.25) is 5.02 Å². The Kier molecular flexibility index (Phi) is 6.70. The molecule has 2 aromatic carbocycles. The van der Waals surface area contributed by atoms with Crippen molar-refractivity contribution in [2.24, 2.45) is 0 Å². The summed E-state index contributed by atoms with van der Waals surface area (Å²) in [4.78, 5) is 12.8. The van der Waals surface area contributed by atoms with E-state index in [1.54, 1.807) is 50.2 Å². The highest BCUT2D eigenvalue weighted by atomic mass is 35.5. The molecule has 1 amide bonds. The Labute approximate surface area is 211 Å². The first kappa shape index (κ1) is 25.8. The van der Waals surface area contributed by atoms with Gasteiger partial charge in [-0.3, -0.25) is 4.79 Å². The van der Waals surface area contributed by atoms with E-state index in [0.717, 1.165) is 11.8 Å². The fourth-order valence-corrected chi connectivity index (χ4v) is 4.61. The molecule has 3 aromatic rings. The monoisotopic (exact) mass is 522 g/mol. The van der Waals surface area contributed by atoms with Crippen LogP contribution >= 0.6 is 11.6 Å². The number of nitrogens with one attached hydrogen (secondary N) is 1. The van der Waals surface area contributed by atoms with Crippen molar-refractivity contribution in [1.29, 1.82) is 0 Å². The Morgan fingerprint density at radius 1 is 1.22 bits per heavy atom. The van der Waals surface area contributed by atoms with E-state index in [4.69, 9.17) is 22.1 Å². The highest BCUT2D eigenvalue weighted by molar-refractivity contribution is 6.30. The molecule has 1 aliphatic heterocycles. The number of aromatic nitrogens is 2. The summed E-state index contributed by atoms with van der Waals surface area (Å²) >= 11 is 5.88. The Morgan fingerprint density at radius 3 is 2.58 bits per heavy atom. The van der Waals surface area contributed by atoms with E-state index in [-0.39, 0.29) is 11.4 Å². The summed E-state index contributed by atoms with van der Waals surface area (Å²) in [6.07, 6.45) is -3.90. The largest absolute Gasteiger partial charge is 0.493 e. The lowest BCUT2D eigenvalue weighted by atomic mass is 9.74. The standard InChI is InChI=1S/C25H26ClF3N4O3/c1-23(2,19-5-3-4-15-10-11-36-20(15)19)13-24(35,25(27,28)29)14-31-22(34)18-12-32-33(21(18)30)17-8-6-16(26)7-9-17/h3-9,12,35H,10-11,13-14,30H2,1-2H3,(H,31,34)/t24-/m0/s1. The molecule has 7 nitrogen and oxygen atoms in total. The van der Waals surface area contributed by atoms with Crippen molar-refractivity contribution in [3.05, 3.63) is 70.4 Å². The zero-order valence-electron chi connectivity index (χ0n) is 19.7. The minimum Gasteiger partial charge on any atom is -0.493 e. The number of hydrogen-bond donors (Lipinski definition) is 3. The first-order valence-corrected chi connectivity index (χ1v) is 11.6. The number of anilines is 1. The van der Waals surface area contributed by atoms with Crippen LogP contribution in [-0.4, -0.2) is 45.7 Å². The molecule has 4 N–H and O–H groups in total. The van der Waals surface area contributed by atoms with Crippen LogP contribution in [0.25, 0.3) is 5.69 Å². The lowest BCUT2D eigenvalue weighted by Crippen LogP contribution is -2.56. The predicted octanol–water partition coefficient (Wildman–Crippen LogP) is 4.43. The molecule has 4 rings (SSSR count). The number of alkyl halides is 3. The van der Waals surface area contributed by atoms with Gasteiger partial charge in [0.05, 0.1) is 25.0 Å². The normalized spacial score (nSPS) is 15.2. The smallest absolute Gasteiger partial charge is 0.418 e. The molecule has 0 fully saturated rings. The molecule has 1 aliphatic rings. The molecule has 0 saturated heterocycles. The van der Waals surface area contributed by atoms with E-state index in [9.17, 15) is 23.1 Å². The Bertz CT molecular complexity index is 1270. The van der Waals surface area contributed by atoms with Crippen molar-refractivity contribution in [3.63, 3.8) is 0 Å². The average Bonchev–Trinajstić information content (AvgIpc) is 3.43. The molecular weight excluding hydrogens is 497 g/mol. The van der Waals surface area contributed by atoms with E-state index in [0.29, 0.717) is 35.1 Å². The second-order valence-corrected chi connectivity index (χ2v) is 9.93. The molecule has 0 saturated carbocycles. The van der Waals surface area contributed by atoms with Gasteiger partial charge in [-0.25, -0.2) is 4.68 Å². The maximum absolute atomic E-state index is 14.1. The van der Waals surface area contributed by atoms with Gasteiger partial charge in [-0.05, 0) is 41.7 Å². The number of benzene rings is 2. The van der Waals surface area contributed by atoms with Gasteiger partial charge >= 0.3 is 6.18 Å². The van der Waals surface area contributed by atoms with E-state index >= 15 is 0 Å². The van der Waals surface area contributed by atoms with Crippen LogP contribution in [0.1, 0.15) is 41.8 Å². The summed E-state index contributed by atoms with van der Waals surface area (Å²) < 4.78 is 49.3. The second-order valence-electron chi connectivity index (χ2n) is 9.50. The molecule has 0 radical (unpaired) electrons. The van der Waals surface area contributed by atoms with Gasteiger partial charge in [0.2, 0.25) is 0 Å². The van der Waals surface area contributed by atoms with Gasteiger partial charge in [-0.15, -0.1) is 0 Å². The first-order chi connectivity index (χ1) is 16.8. The van der Waals surface area contributed by atoms with Crippen molar-refractivity contribution in [2.75, 3.05) is 18.9 Å². The van der Waals surface area contributed by atoms with Crippen molar-refractivity contribution in [3.8, 4) is 11.4 Å². The summed E-state index contributed by atoms with van der Waals surface area (Å²) in [7, 11) is 0. The maximum Gasteiger partial charge on any atom is 0.418 e. The second kappa shape index (κ2) is 9.33. The third-order valence-electron chi connectivity index (χ3n) is 6.37. The number of nitrogens with two attached hydrogens (primary N) is 1. The van der Waals surface area contributed by atoms with E-state index < -0.39 is 36.1 Å². The van der Waals surface area contributed by atoms with Crippen molar-refractivity contribution in [1.82, 2.24) is 15.1 Å². The molecule has 1 atom stereocenters. The van der Waals surface area contributed by atoms with Crippen LogP contribution in [0.4, 0.5) is 19.0 Å². The lowest BCUT2D eigenvalue weighted by molar-refractivity contribution is -0.263. The maximum atomic E-state index is 14.1. The minimum absolute atomic E-state index is 0.0669. The van der Waals surface area contributed by atoms with Crippen LogP contribution in [0.15, 0.2) is 48.7 Å². The Hall–Kier alpha value is -3.24. The van der Waals surface area contributed by atoms with Crippen LogP contribution < -0.4 is 15.8 Å². The number of carbonyl (C=O) groups excluding carboxylic acids is 1. The quantitative estimate of drug-likeness (QED) is 0.426. The summed E-state index contributed by atoms with van der Waals surface area (Å²) in [5, 5.41) is 17.6. The highest BCUT2D eigenvalue weighted by Crippen LogP contribution is 2.45. The molecule has 0 unspecified atom stereocenters. The molecular formula is C25H26ClF3N4O3. The van der Waals surface area contributed by atoms with Crippen molar-refractivity contribution >= 4 is 23.3 Å². The van der Waals surface area contributed by atoms with Crippen molar-refractivity contribution < 1.29 is 27.8 Å². The third kappa shape index (κ3) is 4.87. The number of ether oxygens (including phenoxy) is 1. The van der Waals surface area contributed by atoms with E-state index in [1.807, 2.05) is 6.07 Å². The number of carbonyl (C=O) groups is 1. The van der Waals surface area contributed by atoms with Gasteiger partial charge in [0, 0.05) is 17.0 Å². The third-order valence-corrected chi connectivity index (χ3v) is 6.62. The zero-order valence-corrected chi connectivity index (χ0v) is 20.5. The Morgan fingerprint density at radius 2 is 1.92 bits per heavy atom. The number of hydrogen-bond acceptors (Lipinski definition) is 5. The van der Waals surface area contributed by atoms with Gasteiger partial charge in [0.25, 0.3) is 5.91 Å². The van der Waals surface area contributed by atoms with Gasteiger partial charge in [-0.2, -0.15) is 18.3 Å². The molecule has 0 spiro atoms. The number of para-hydroxylation sites is 1. The average molecular weight is 523 g/mol. The highest BCUT2D eigenvalue weighted by Gasteiger charge is 2.56. The summed E-state index contributed by atoms with van der Waals surface area (Å²) in [5.41, 5.74) is 3.58. The SMILES string of the molecule is CC(C)(C[C@](O)(CNC(=O)c1cnn(-c2ccc(Cl)cc2)c1N)C(F)(F)F)c1cccc2c1OCC2. The number of halogens is 4. The number of aliphatic hydroxyl groups is 1. The van der Waals surface area contributed by atoms with Gasteiger partial charge in [-0.1, -0.05) is 43.6 Å². The van der Waals surface area contributed by atoms with Gasteiger partial charge < -0.3 is 20.9 Å². The van der Waals surface area contributed by atoms with E-state index in [1.165, 1.54) is 4.68 Å². The fourth-order valence-electron chi connectivity index (χ4n) is 4.48.